The smallest absolute Gasteiger partial charge is 0.255 e. The van der Waals surface area contributed by atoms with Crippen LogP contribution in [0.25, 0.3) is 0 Å². The third-order valence-electron chi connectivity index (χ3n) is 5.25. The number of hydrogen-bond acceptors (Lipinski definition) is 5. The summed E-state index contributed by atoms with van der Waals surface area (Å²) in [7, 11) is 0. The van der Waals surface area contributed by atoms with Crippen LogP contribution in [0.5, 0.6) is 11.6 Å². The Morgan fingerprint density at radius 1 is 1.16 bits per heavy atom. The average Bonchev–Trinajstić information content (AvgIpc) is 2.76. The van der Waals surface area contributed by atoms with Crippen LogP contribution in [-0.4, -0.2) is 46.5 Å². The van der Waals surface area contributed by atoms with Crippen molar-refractivity contribution in [2.24, 2.45) is 0 Å². The predicted octanol–water partition coefficient (Wildman–Crippen LogP) is 5.34. The van der Waals surface area contributed by atoms with Crippen LogP contribution in [0.3, 0.4) is 0 Å². The topological polar surface area (TPSA) is 58.6 Å². The normalized spacial score (nSPS) is 16.3. The Labute approximate surface area is 194 Å². The van der Waals surface area contributed by atoms with Gasteiger partial charge >= 0.3 is 0 Å². The molecule has 1 saturated heterocycles. The first kappa shape index (κ1) is 21.6. The second kappa shape index (κ2) is 9.24. The molecule has 0 N–H and O–H groups in total. The number of nitrogens with zero attached hydrogens (tertiary/aromatic N) is 4. The molecule has 1 aromatic heterocycles. The van der Waals surface area contributed by atoms with E-state index in [1.165, 1.54) is 6.33 Å². The van der Waals surface area contributed by atoms with Crippen molar-refractivity contribution in [3.8, 4) is 11.6 Å². The summed E-state index contributed by atoms with van der Waals surface area (Å²) < 4.78 is 6.71. The maximum atomic E-state index is 13.0. The first-order valence-corrected chi connectivity index (χ1v) is 11.2. The molecule has 31 heavy (non-hydrogen) atoms. The van der Waals surface area contributed by atoms with Crippen molar-refractivity contribution in [3.05, 3.63) is 75.5 Å². The number of halogens is 2. The van der Waals surface area contributed by atoms with Crippen molar-refractivity contribution in [2.75, 3.05) is 24.5 Å². The maximum Gasteiger partial charge on any atom is 0.255 e. The molecule has 4 rings (SSSR count). The number of ether oxygens (including phenoxy) is 1. The van der Waals surface area contributed by atoms with Gasteiger partial charge in [-0.25, -0.2) is 9.97 Å². The van der Waals surface area contributed by atoms with Gasteiger partial charge in [-0.2, -0.15) is 0 Å². The molecule has 0 radical (unpaired) electrons. The lowest BCUT2D eigenvalue weighted by molar-refractivity contribution is 0.0672. The summed E-state index contributed by atoms with van der Waals surface area (Å²) in [5.74, 6) is 1.77. The van der Waals surface area contributed by atoms with E-state index in [0.29, 0.717) is 41.8 Å². The molecule has 1 unspecified atom stereocenters. The van der Waals surface area contributed by atoms with Gasteiger partial charge in [0.1, 0.15) is 17.9 Å². The molecule has 1 amide bonds. The van der Waals surface area contributed by atoms with Crippen LogP contribution < -0.4 is 9.64 Å². The van der Waals surface area contributed by atoms with Gasteiger partial charge < -0.3 is 14.5 Å². The molecule has 3 aromatic rings. The first-order valence-electron chi connectivity index (χ1n) is 9.99. The molecular weight excluding hydrogens is 480 g/mol. The molecule has 0 aliphatic carbocycles. The molecule has 6 nitrogen and oxygen atoms in total. The molecule has 1 aliphatic rings. The fraction of sp³-hybridized carbons (Fsp3) is 0.261. The highest BCUT2D eigenvalue weighted by molar-refractivity contribution is 9.10. The number of hydrogen-bond donors (Lipinski definition) is 0. The fourth-order valence-electron chi connectivity index (χ4n) is 3.62. The standard InChI is InChI=1S/C23H22BrClN4O2/c1-15-7-8-19(25)20(11-15)31-22-12-21(26-14-27-22)28-9-10-29(16(2)13-28)23(30)17-5-3-4-6-18(17)24/h3-8,11-12,14,16H,9-10,13H2,1-2H3. The Kier molecular flexibility index (Phi) is 6.43. The minimum Gasteiger partial charge on any atom is -0.437 e. The number of benzene rings is 2. The Hall–Kier alpha value is -2.64. The Bertz CT molecular complexity index is 1110. The van der Waals surface area contributed by atoms with E-state index in [2.05, 4.69) is 30.8 Å². The van der Waals surface area contributed by atoms with Crippen LogP contribution in [0, 0.1) is 6.92 Å². The van der Waals surface area contributed by atoms with Crippen molar-refractivity contribution >= 4 is 39.3 Å². The highest BCUT2D eigenvalue weighted by atomic mass is 79.9. The number of rotatable bonds is 4. The van der Waals surface area contributed by atoms with E-state index in [0.717, 1.165) is 15.9 Å². The Morgan fingerprint density at radius 2 is 1.97 bits per heavy atom. The van der Waals surface area contributed by atoms with Crippen LogP contribution in [0.15, 0.2) is 59.3 Å². The molecular formula is C23H22BrClN4O2. The summed E-state index contributed by atoms with van der Waals surface area (Å²) in [6.45, 7) is 5.96. The summed E-state index contributed by atoms with van der Waals surface area (Å²) in [6.07, 6.45) is 1.48. The molecule has 1 aliphatic heterocycles. The number of aryl methyl sites for hydroxylation is 1. The van der Waals surface area contributed by atoms with E-state index < -0.39 is 0 Å². The molecule has 0 bridgehead atoms. The summed E-state index contributed by atoms with van der Waals surface area (Å²) >= 11 is 9.72. The summed E-state index contributed by atoms with van der Waals surface area (Å²) in [5.41, 5.74) is 1.73. The highest BCUT2D eigenvalue weighted by Crippen LogP contribution is 2.30. The van der Waals surface area contributed by atoms with Crippen LogP contribution in [-0.2, 0) is 0 Å². The van der Waals surface area contributed by atoms with Crippen molar-refractivity contribution in [2.45, 2.75) is 19.9 Å². The van der Waals surface area contributed by atoms with E-state index in [-0.39, 0.29) is 11.9 Å². The monoisotopic (exact) mass is 500 g/mol. The molecule has 8 heteroatoms. The summed E-state index contributed by atoms with van der Waals surface area (Å²) in [4.78, 5) is 25.7. The first-order chi connectivity index (χ1) is 14.9. The molecule has 1 fully saturated rings. The number of carbonyl (C=O) groups excluding carboxylic acids is 1. The second-order valence-corrected chi connectivity index (χ2v) is 8.79. The number of anilines is 1. The minimum atomic E-state index is 0.0268. The number of amides is 1. The average molecular weight is 502 g/mol. The van der Waals surface area contributed by atoms with Crippen LogP contribution >= 0.6 is 27.5 Å². The van der Waals surface area contributed by atoms with Crippen LogP contribution in [0.1, 0.15) is 22.8 Å². The molecule has 1 atom stereocenters. The number of aromatic nitrogens is 2. The van der Waals surface area contributed by atoms with Crippen molar-refractivity contribution < 1.29 is 9.53 Å². The zero-order valence-electron chi connectivity index (χ0n) is 17.3. The summed E-state index contributed by atoms with van der Waals surface area (Å²) in [6, 6.07) is 14.9. The Morgan fingerprint density at radius 3 is 2.74 bits per heavy atom. The van der Waals surface area contributed by atoms with E-state index >= 15 is 0 Å². The van der Waals surface area contributed by atoms with E-state index in [1.54, 1.807) is 12.1 Å². The van der Waals surface area contributed by atoms with Crippen LogP contribution in [0.2, 0.25) is 5.02 Å². The predicted molar refractivity (Wildman–Crippen MR) is 125 cm³/mol. The van der Waals surface area contributed by atoms with Gasteiger partial charge in [-0.3, -0.25) is 4.79 Å². The number of carbonyl (C=O) groups is 1. The second-order valence-electron chi connectivity index (χ2n) is 7.52. The summed E-state index contributed by atoms with van der Waals surface area (Å²) in [5, 5.41) is 0.526. The van der Waals surface area contributed by atoms with E-state index in [9.17, 15) is 4.79 Å². The lowest BCUT2D eigenvalue weighted by Gasteiger charge is -2.40. The molecule has 160 valence electrons. The van der Waals surface area contributed by atoms with Gasteiger partial charge in [0.25, 0.3) is 5.91 Å². The van der Waals surface area contributed by atoms with Crippen molar-refractivity contribution in [1.29, 1.82) is 0 Å². The third-order valence-corrected chi connectivity index (χ3v) is 6.25. The van der Waals surface area contributed by atoms with Crippen molar-refractivity contribution in [1.82, 2.24) is 14.9 Å². The largest absolute Gasteiger partial charge is 0.437 e. The molecule has 0 spiro atoms. The van der Waals surface area contributed by atoms with Crippen molar-refractivity contribution in [3.63, 3.8) is 0 Å². The lowest BCUT2D eigenvalue weighted by Crippen LogP contribution is -2.54. The molecule has 0 saturated carbocycles. The third kappa shape index (κ3) is 4.83. The zero-order chi connectivity index (χ0) is 22.0. The maximum absolute atomic E-state index is 13.0. The SMILES string of the molecule is Cc1ccc(Cl)c(Oc2cc(N3CCN(C(=O)c4ccccc4Br)C(C)C3)ncn2)c1. The van der Waals surface area contributed by atoms with Gasteiger partial charge in [0.05, 0.1) is 10.6 Å². The van der Waals surface area contributed by atoms with Gasteiger partial charge in [0, 0.05) is 36.2 Å². The quantitative estimate of drug-likeness (QED) is 0.483. The van der Waals surface area contributed by atoms with Gasteiger partial charge in [-0.1, -0.05) is 29.8 Å². The number of piperazine rings is 1. The van der Waals surface area contributed by atoms with Gasteiger partial charge in [-0.15, -0.1) is 0 Å². The van der Waals surface area contributed by atoms with Crippen LogP contribution in [0.4, 0.5) is 5.82 Å². The van der Waals surface area contributed by atoms with E-state index in [1.807, 2.05) is 55.1 Å². The van der Waals surface area contributed by atoms with Gasteiger partial charge in [0.2, 0.25) is 5.88 Å². The molecule has 2 aromatic carbocycles. The van der Waals surface area contributed by atoms with Gasteiger partial charge in [-0.05, 0) is 59.6 Å². The lowest BCUT2D eigenvalue weighted by atomic mass is 10.1. The van der Waals surface area contributed by atoms with E-state index in [4.69, 9.17) is 16.3 Å². The fourth-order valence-corrected chi connectivity index (χ4v) is 4.23. The Balaban J connectivity index is 1.47. The van der Waals surface area contributed by atoms with Gasteiger partial charge in [0.15, 0.2) is 0 Å². The highest BCUT2D eigenvalue weighted by Gasteiger charge is 2.29. The zero-order valence-corrected chi connectivity index (χ0v) is 19.6. The minimum absolute atomic E-state index is 0.0268. The molecule has 2 heterocycles.